The summed E-state index contributed by atoms with van der Waals surface area (Å²) in [5, 5.41) is 2.46. The van der Waals surface area contributed by atoms with E-state index in [4.69, 9.17) is 0 Å². The lowest BCUT2D eigenvalue weighted by Crippen LogP contribution is -2.17. The van der Waals surface area contributed by atoms with E-state index in [1.54, 1.807) is 0 Å². The first-order valence-electron chi connectivity index (χ1n) is 34.9. The normalized spacial score (nSPS) is 13.8. The van der Waals surface area contributed by atoms with Crippen molar-refractivity contribution < 1.29 is 0 Å². The van der Waals surface area contributed by atoms with Crippen LogP contribution >= 0.6 is 0 Å². The Morgan fingerprint density at radius 3 is 1.13 bits per heavy atom. The van der Waals surface area contributed by atoms with E-state index in [9.17, 15) is 0 Å². The molecular formula is C97H74N2. The fraction of sp³-hybridized carbons (Fsp3) is 0.0722. The number of hydrogen-bond donors (Lipinski definition) is 0. The number of benzene rings is 14. The highest BCUT2D eigenvalue weighted by Gasteiger charge is 2.38. The largest absolute Gasteiger partial charge is 0.310 e. The molecule has 0 atom stereocenters. The van der Waals surface area contributed by atoms with Crippen LogP contribution in [-0.4, -0.2) is 0 Å². The summed E-state index contributed by atoms with van der Waals surface area (Å²) in [7, 11) is 0. The SMILES string of the molecule is CC1(C)C2=C(CCC(c3ccc(N(c4ccc(C5=CC(c6cccc7c(-c8ccc(N(c9ccc(-c%10ccccc%10)cc9)c9ccc(-c%10ccccc%10)cc9)cc8-c8ccccc8)cccc67)=CCC5)cc4)c4ccc(-c5ccccc5)cc4)cc3-c3ccccc3)=C2)c2ccccc21. The minimum Gasteiger partial charge on any atom is -0.310 e. The molecular weight excluding hydrogens is 1190 g/mol. The minimum absolute atomic E-state index is 0.0597. The molecule has 3 aliphatic carbocycles. The van der Waals surface area contributed by atoms with Crippen molar-refractivity contribution in [1.29, 1.82) is 0 Å². The van der Waals surface area contributed by atoms with E-state index in [1.165, 1.54) is 128 Å². The van der Waals surface area contributed by atoms with Gasteiger partial charge in [-0.25, -0.2) is 0 Å². The first kappa shape index (κ1) is 60.6. The zero-order valence-corrected chi connectivity index (χ0v) is 55.9. The van der Waals surface area contributed by atoms with E-state index in [0.29, 0.717) is 0 Å². The van der Waals surface area contributed by atoms with Crippen molar-refractivity contribution in [2.24, 2.45) is 0 Å². The van der Waals surface area contributed by atoms with Gasteiger partial charge < -0.3 is 9.80 Å². The first-order chi connectivity index (χ1) is 48.8. The summed E-state index contributed by atoms with van der Waals surface area (Å²) in [5.41, 5.74) is 34.5. The Morgan fingerprint density at radius 1 is 0.253 bits per heavy atom. The van der Waals surface area contributed by atoms with Gasteiger partial charge in [-0.2, -0.15) is 0 Å². The predicted molar refractivity (Wildman–Crippen MR) is 421 cm³/mol. The summed E-state index contributed by atoms with van der Waals surface area (Å²) in [4.78, 5) is 4.84. The molecule has 2 nitrogen and oxygen atoms in total. The van der Waals surface area contributed by atoms with Gasteiger partial charge in [-0.3, -0.25) is 0 Å². The molecule has 0 amide bonds. The lowest BCUT2D eigenvalue weighted by atomic mass is 9.77. The van der Waals surface area contributed by atoms with Crippen molar-refractivity contribution >= 4 is 67.2 Å². The summed E-state index contributed by atoms with van der Waals surface area (Å²) in [6.07, 6.45) is 11.4. The quantitative estimate of drug-likeness (QED) is 0.101. The van der Waals surface area contributed by atoms with Gasteiger partial charge in [0.1, 0.15) is 0 Å². The van der Waals surface area contributed by atoms with Gasteiger partial charge in [0.25, 0.3) is 0 Å². The van der Waals surface area contributed by atoms with Crippen LogP contribution in [0, 0.1) is 0 Å². The summed E-state index contributed by atoms with van der Waals surface area (Å²) in [6.45, 7) is 4.80. The molecule has 0 aromatic heterocycles. The smallest absolute Gasteiger partial charge is 0.0468 e. The second-order valence-electron chi connectivity index (χ2n) is 27.0. The lowest BCUT2D eigenvalue weighted by Gasteiger charge is -2.29. The van der Waals surface area contributed by atoms with Gasteiger partial charge in [0, 0.05) is 39.5 Å². The Hall–Kier alpha value is -12.1. The van der Waals surface area contributed by atoms with E-state index < -0.39 is 0 Å². The minimum atomic E-state index is -0.0597. The monoisotopic (exact) mass is 1270 g/mol. The summed E-state index contributed by atoms with van der Waals surface area (Å²) >= 11 is 0. The molecule has 2 heteroatoms. The standard InChI is InChI=1S/C97H74N2/c1-97(2)95-40-19-18-35-91(95)92-60-49-78(64-96(92)97)86-61-58-83(65-93(86)74-29-14-6-15-30-74)98(79-50-41-70(42-51-79)67-23-8-3-9-24-67)82-56-47-73(48-57-82)76-33-20-34-77(63-76)85-36-21-38-88-87(85)37-22-39-89(88)90-62-59-84(66-94(90)75-31-16-7-17-32-75)99(80-52-43-71(44-53-80)68-25-10-4-11-26-68)81-54-45-72(46-55-81)69-27-12-5-13-28-69/h3-19,21-32,34-48,50-59,61-66H,20,33,49,60H2,1-2H3. The van der Waals surface area contributed by atoms with E-state index in [2.05, 4.69) is 388 Å². The van der Waals surface area contributed by atoms with Crippen molar-refractivity contribution in [1.82, 2.24) is 0 Å². The second kappa shape index (κ2) is 26.1. The highest BCUT2D eigenvalue weighted by Crippen LogP contribution is 2.54. The number of fused-ring (bicyclic) bond motifs is 3. The number of allylic oxidation sites excluding steroid dienone is 8. The van der Waals surface area contributed by atoms with E-state index in [1.807, 2.05) is 0 Å². The van der Waals surface area contributed by atoms with Crippen LogP contribution < -0.4 is 9.80 Å². The molecule has 0 heterocycles. The molecule has 0 unspecified atom stereocenters. The molecule has 0 N–H and O–H groups in total. The van der Waals surface area contributed by atoms with Crippen LogP contribution in [0.1, 0.15) is 67.3 Å². The number of hydrogen-bond acceptors (Lipinski definition) is 2. The number of nitrogens with zero attached hydrogens (tertiary/aromatic N) is 2. The van der Waals surface area contributed by atoms with Crippen molar-refractivity contribution in [3.8, 4) is 66.8 Å². The van der Waals surface area contributed by atoms with Crippen molar-refractivity contribution in [2.45, 2.75) is 44.9 Å². The number of rotatable bonds is 15. The van der Waals surface area contributed by atoms with Gasteiger partial charge in [-0.1, -0.05) is 305 Å². The molecule has 99 heavy (non-hydrogen) atoms. The molecule has 0 saturated carbocycles. The van der Waals surface area contributed by atoms with E-state index in [0.717, 1.165) is 65.4 Å². The zero-order chi connectivity index (χ0) is 66.2. The first-order valence-corrected chi connectivity index (χ1v) is 34.9. The fourth-order valence-electron chi connectivity index (χ4n) is 15.7. The van der Waals surface area contributed by atoms with Crippen LogP contribution in [0.2, 0.25) is 0 Å². The van der Waals surface area contributed by atoms with E-state index in [-0.39, 0.29) is 5.41 Å². The van der Waals surface area contributed by atoms with Crippen LogP contribution in [0.25, 0.3) is 99.8 Å². The average Bonchev–Trinajstić information content (AvgIpc) is 1.60. The van der Waals surface area contributed by atoms with Crippen molar-refractivity contribution in [3.05, 3.63) is 397 Å². The van der Waals surface area contributed by atoms with Crippen molar-refractivity contribution in [3.63, 3.8) is 0 Å². The molecule has 14 aromatic rings. The van der Waals surface area contributed by atoms with Gasteiger partial charge in [0.05, 0.1) is 0 Å². The molecule has 14 aromatic carbocycles. The Labute approximate surface area is 582 Å². The van der Waals surface area contributed by atoms with Crippen LogP contribution in [-0.2, 0) is 5.41 Å². The third-order valence-corrected chi connectivity index (χ3v) is 20.8. The van der Waals surface area contributed by atoms with Gasteiger partial charge in [-0.15, -0.1) is 0 Å². The molecule has 0 spiro atoms. The summed E-state index contributed by atoms with van der Waals surface area (Å²) in [5.74, 6) is 0. The highest BCUT2D eigenvalue weighted by atomic mass is 15.1. The van der Waals surface area contributed by atoms with Gasteiger partial charge in [-0.05, 0) is 232 Å². The van der Waals surface area contributed by atoms with Crippen LogP contribution in [0.4, 0.5) is 34.1 Å². The molecule has 17 rings (SSSR count). The van der Waals surface area contributed by atoms with Gasteiger partial charge in [0.2, 0.25) is 0 Å². The van der Waals surface area contributed by atoms with Crippen molar-refractivity contribution in [2.75, 3.05) is 9.80 Å². The molecule has 0 aliphatic heterocycles. The maximum Gasteiger partial charge on any atom is 0.0468 e. The lowest BCUT2D eigenvalue weighted by molar-refractivity contribution is 0.652. The van der Waals surface area contributed by atoms with E-state index >= 15 is 0 Å². The Bertz CT molecular complexity index is 5350. The maximum absolute atomic E-state index is 2.53. The summed E-state index contributed by atoms with van der Waals surface area (Å²) < 4.78 is 0. The Morgan fingerprint density at radius 2 is 0.636 bits per heavy atom. The molecule has 0 fully saturated rings. The van der Waals surface area contributed by atoms with Crippen LogP contribution in [0.15, 0.2) is 370 Å². The van der Waals surface area contributed by atoms with Crippen LogP contribution in [0.3, 0.4) is 0 Å². The topological polar surface area (TPSA) is 6.48 Å². The van der Waals surface area contributed by atoms with Gasteiger partial charge in [0.15, 0.2) is 0 Å². The third kappa shape index (κ3) is 11.6. The molecule has 0 saturated heterocycles. The second-order valence-corrected chi connectivity index (χ2v) is 27.0. The molecule has 3 aliphatic rings. The molecule has 0 radical (unpaired) electrons. The fourth-order valence-corrected chi connectivity index (χ4v) is 15.7. The predicted octanol–water partition coefficient (Wildman–Crippen LogP) is 27.0. The van der Waals surface area contributed by atoms with Gasteiger partial charge >= 0.3 is 0 Å². The zero-order valence-electron chi connectivity index (χ0n) is 55.9. The Balaban J connectivity index is 0.716. The summed E-state index contributed by atoms with van der Waals surface area (Å²) in [6, 6.07) is 127. The van der Waals surface area contributed by atoms with Crippen LogP contribution in [0.5, 0.6) is 0 Å². The average molecular weight is 1270 g/mol. The number of anilines is 6. The molecule has 0 bridgehead atoms. The maximum atomic E-state index is 2.53. The molecule has 472 valence electrons. The Kier molecular flexibility index (Phi) is 16.0. The third-order valence-electron chi connectivity index (χ3n) is 20.8. The highest BCUT2D eigenvalue weighted by molar-refractivity contribution is 6.07.